The number of benzene rings is 1. The van der Waals surface area contributed by atoms with E-state index < -0.39 is 6.17 Å². The average molecular weight is 217 g/mol. The fourth-order valence-electron chi connectivity index (χ4n) is 2.34. The van der Waals surface area contributed by atoms with Crippen molar-refractivity contribution in [2.24, 2.45) is 0 Å². The van der Waals surface area contributed by atoms with Gasteiger partial charge in [-0.1, -0.05) is 18.2 Å². The highest BCUT2D eigenvalue weighted by Crippen LogP contribution is 2.29. The van der Waals surface area contributed by atoms with E-state index in [4.69, 9.17) is 0 Å². The molecule has 82 valence electrons. The van der Waals surface area contributed by atoms with Gasteiger partial charge in [0, 0.05) is 22.4 Å². The summed E-state index contributed by atoms with van der Waals surface area (Å²) in [6, 6.07) is 7.84. The van der Waals surface area contributed by atoms with E-state index in [1.807, 2.05) is 24.3 Å². The first-order valence-corrected chi connectivity index (χ1v) is 5.24. The molecule has 0 saturated heterocycles. The van der Waals surface area contributed by atoms with Crippen molar-refractivity contribution in [2.75, 3.05) is 6.54 Å². The molecule has 1 unspecified atom stereocenters. The van der Waals surface area contributed by atoms with E-state index in [1.54, 1.807) is 0 Å². The molecule has 5 heteroatoms. The van der Waals surface area contributed by atoms with Gasteiger partial charge in [-0.3, -0.25) is 10.1 Å². The maximum atomic E-state index is 10.9. The second-order valence-corrected chi connectivity index (χ2v) is 3.95. The van der Waals surface area contributed by atoms with Gasteiger partial charge in [0.25, 0.3) is 0 Å². The lowest BCUT2D eigenvalue weighted by Crippen LogP contribution is -2.34. The third-order valence-corrected chi connectivity index (χ3v) is 3.04. The third kappa shape index (κ3) is 1.22. The minimum atomic E-state index is -0.795. The number of para-hydroxylation sites is 1. The van der Waals surface area contributed by atoms with Crippen molar-refractivity contribution in [2.45, 2.75) is 12.6 Å². The third-order valence-electron chi connectivity index (χ3n) is 3.04. The summed E-state index contributed by atoms with van der Waals surface area (Å²) in [6.45, 7) is 0.653. The predicted octanol–water partition coefficient (Wildman–Crippen LogP) is 1.59. The Morgan fingerprint density at radius 1 is 1.38 bits per heavy atom. The van der Waals surface area contributed by atoms with Crippen molar-refractivity contribution in [3.8, 4) is 0 Å². The summed E-state index contributed by atoms with van der Waals surface area (Å²) in [7, 11) is 0. The smallest absolute Gasteiger partial charge is 0.306 e. The second kappa shape index (κ2) is 3.31. The van der Waals surface area contributed by atoms with Crippen LogP contribution in [0.3, 0.4) is 0 Å². The van der Waals surface area contributed by atoms with E-state index in [2.05, 4.69) is 10.3 Å². The quantitative estimate of drug-likeness (QED) is 0.563. The molecule has 1 aromatic carbocycles. The molecule has 0 radical (unpaired) electrons. The van der Waals surface area contributed by atoms with Gasteiger partial charge in [-0.25, -0.2) is 5.32 Å². The molecule has 16 heavy (non-hydrogen) atoms. The fraction of sp³-hybridized carbons (Fsp3) is 0.273. The van der Waals surface area contributed by atoms with Crippen LogP contribution in [-0.2, 0) is 6.42 Å². The minimum Gasteiger partial charge on any atom is -0.351 e. The topological polar surface area (TPSA) is 71.0 Å². The summed E-state index contributed by atoms with van der Waals surface area (Å²) in [6.07, 6.45) is 0.0418. The molecule has 2 heterocycles. The SMILES string of the molecule is O=[N+]([O-])C1NCCc2c1[nH]c1ccccc21. The van der Waals surface area contributed by atoms with Gasteiger partial charge in [-0.2, -0.15) is 0 Å². The molecule has 1 aromatic heterocycles. The van der Waals surface area contributed by atoms with Crippen LogP contribution < -0.4 is 5.32 Å². The van der Waals surface area contributed by atoms with Crippen molar-refractivity contribution < 1.29 is 4.92 Å². The summed E-state index contributed by atoms with van der Waals surface area (Å²) < 4.78 is 0. The van der Waals surface area contributed by atoms with Crippen molar-refractivity contribution in [3.63, 3.8) is 0 Å². The molecule has 5 nitrogen and oxygen atoms in total. The highest BCUT2D eigenvalue weighted by Gasteiger charge is 2.31. The Labute approximate surface area is 91.6 Å². The first-order valence-electron chi connectivity index (χ1n) is 5.24. The minimum absolute atomic E-state index is 0.284. The Bertz CT molecular complexity index is 561. The molecule has 0 amide bonds. The lowest BCUT2D eigenvalue weighted by molar-refractivity contribution is -0.537. The Hall–Kier alpha value is -1.88. The van der Waals surface area contributed by atoms with Gasteiger partial charge in [-0.05, 0) is 18.1 Å². The molecule has 1 atom stereocenters. The Morgan fingerprint density at radius 2 is 2.19 bits per heavy atom. The van der Waals surface area contributed by atoms with Gasteiger partial charge < -0.3 is 4.98 Å². The van der Waals surface area contributed by atoms with E-state index in [0.29, 0.717) is 12.2 Å². The zero-order chi connectivity index (χ0) is 11.1. The van der Waals surface area contributed by atoms with E-state index in [-0.39, 0.29) is 4.92 Å². The van der Waals surface area contributed by atoms with Crippen LogP contribution in [0.5, 0.6) is 0 Å². The van der Waals surface area contributed by atoms with Gasteiger partial charge in [0.1, 0.15) is 5.69 Å². The van der Waals surface area contributed by atoms with E-state index in [9.17, 15) is 10.1 Å². The number of fused-ring (bicyclic) bond motifs is 3. The zero-order valence-electron chi connectivity index (χ0n) is 8.56. The zero-order valence-corrected chi connectivity index (χ0v) is 8.56. The van der Waals surface area contributed by atoms with Crippen LogP contribution in [0.1, 0.15) is 17.4 Å². The normalized spacial score (nSPS) is 19.6. The maximum absolute atomic E-state index is 10.9. The number of nitrogens with zero attached hydrogens (tertiary/aromatic N) is 1. The summed E-state index contributed by atoms with van der Waals surface area (Å²) in [5.41, 5.74) is 2.76. The molecular formula is C11H11N3O2. The summed E-state index contributed by atoms with van der Waals surface area (Å²) in [5, 5.41) is 14.9. The molecular weight excluding hydrogens is 206 g/mol. The molecule has 0 saturated carbocycles. The fourth-order valence-corrected chi connectivity index (χ4v) is 2.34. The van der Waals surface area contributed by atoms with Crippen molar-refractivity contribution in [1.29, 1.82) is 0 Å². The monoisotopic (exact) mass is 217 g/mol. The van der Waals surface area contributed by atoms with E-state index in [1.165, 1.54) is 0 Å². The largest absolute Gasteiger partial charge is 0.351 e. The van der Waals surface area contributed by atoms with Crippen molar-refractivity contribution in [3.05, 3.63) is 45.6 Å². The Morgan fingerprint density at radius 3 is 3.00 bits per heavy atom. The van der Waals surface area contributed by atoms with Crippen molar-refractivity contribution >= 4 is 10.9 Å². The average Bonchev–Trinajstić information content (AvgIpc) is 2.67. The lowest BCUT2D eigenvalue weighted by atomic mass is 10.0. The molecule has 2 aromatic rings. The van der Waals surface area contributed by atoms with Crippen LogP contribution in [0.25, 0.3) is 10.9 Å². The highest BCUT2D eigenvalue weighted by atomic mass is 16.6. The van der Waals surface area contributed by atoms with Crippen LogP contribution in [-0.4, -0.2) is 16.5 Å². The van der Waals surface area contributed by atoms with Crippen molar-refractivity contribution in [1.82, 2.24) is 10.3 Å². The lowest BCUT2D eigenvalue weighted by Gasteiger charge is -2.17. The number of nitrogens with one attached hydrogen (secondary N) is 2. The predicted molar refractivity (Wildman–Crippen MR) is 59.7 cm³/mol. The summed E-state index contributed by atoms with van der Waals surface area (Å²) >= 11 is 0. The van der Waals surface area contributed by atoms with Crippen LogP contribution in [0, 0.1) is 10.1 Å². The number of hydrogen-bond donors (Lipinski definition) is 2. The van der Waals surface area contributed by atoms with Gasteiger partial charge in [0.05, 0.1) is 0 Å². The van der Waals surface area contributed by atoms with E-state index >= 15 is 0 Å². The summed E-state index contributed by atoms with van der Waals surface area (Å²) in [5.74, 6) is 0. The highest BCUT2D eigenvalue weighted by molar-refractivity contribution is 5.85. The molecule has 0 spiro atoms. The van der Waals surface area contributed by atoms with Crippen LogP contribution in [0.4, 0.5) is 0 Å². The van der Waals surface area contributed by atoms with Gasteiger partial charge in [0.15, 0.2) is 0 Å². The van der Waals surface area contributed by atoms with Crippen LogP contribution in [0.15, 0.2) is 24.3 Å². The molecule has 1 aliphatic heterocycles. The molecule has 3 rings (SSSR count). The standard InChI is InChI=1S/C11H11N3O2/c15-14(16)11-10-8(5-6-12-11)7-3-1-2-4-9(7)13-10/h1-4,11-13H,5-6H2. The first kappa shape index (κ1) is 9.35. The van der Waals surface area contributed by atoms with E-state index in [0.717, 1.165) is 22.9 Å². The molecule has 0 bridgehead atoms. The molecule has 2 N–H and O–H groups in total. The summed E-state index contributed by atoms with van der Waals surface area (Å²) in [4.78, 5) is 13.8. The number of aromatic amines is 1. The Balaban J connectivity index is 2.25. The van der Waals surface area contributed by atoms with Gasteiger partial charge in [-0.15, -0.1) is 0 Å². The molecule has 1 aliphatic rings. The Kier molecular flexibility index (Phi) is 1.94. The number of rotatable bonds is 1. The second-order valence-electron chi connectivity index (χ2n) is 3.95. The van der Waals surface area contributed by atoms with Crippen LogP contribution >= 0.6 is 0 Å². The maximum Gasteiger partial charge on any atom is 0.306 e. The molecule has 0 fully saturated rings. The van der Waals surface area contributed by atoms with Gasteiger partial charge >= 0.3 is 6.17 Å². The number of H-pyrrole nitrogens is 1. The van der Waals surface area contributed by atoms with Crippen LogP contribution in [0.2, 0.25) is 0 Å². The number of hydrogen-bond acceptors (Lipinski definition) is 3. The molecule has 0 aliphatic carbocycles. The van der Waals surface area contributed by atoms with Gasteiger partial charge in [0.2, 0.25) is 0 Å². The number of aromatic nitrogens is 1. The first-order chi connectivity index (χ1) is 7.77. The number of nitro groups is 1.